The van der Waals surface area contributed by atoms with Crippen LogP contribution >= 0.6 is 0 Å². The Kier molecular flexibility index (Phi) is 2.09. The van der Waals surface area contributed by atoms with Gasteiger partial charge in [-0.3, -0.25) is 4.79 Å². The lowest BCUT2D eigenvalue weighted by atomic mass is 9.94. The molecule has 94 valence electrons. The number of nitrogens with zero attached hydrogens (tertiary/aromatic N) is 1. The Morgan fingerprint density at radius 1 is 1.39 bits per heavy atom. The number of hydrogen-bond donors (Lipinski definition) is 1. The molecule has 18 heavy (non-hydrogen) atoms. The van der Waals surface area contributed by atoms with E-state index in [4.69, 9.17) is 0 Å². The largest absolute Gasteiger partial charge is 0.481 e. The Balaban J connectivity index is 2.28. The number of aliphatic carboxylic acids is 1. The van der Waals surface area contributed by atoms with Crippen LogP contribution in [0.25, 0.3) is 10.9 Å². The van der Waals surface area contributed by atoms with Gasteiger partial charge in [0.05, 0.1) is 5.41 Å². The molecule has 2 aromatic rings. The van der Waals surface area contributed by atoms with Gasteiger partial charge in [-0.25, -0.2) is 4.39 Å². The highest BCUT2D eigenvalue weighted by Gasteiger charge is 2.53. The third-order valence-corrected chi connectivity index (χ3v) is 4.05. The second-order valence-electron chi connectivity index (χ2n) is 5.12. The van der Waals surface area contributed by atoms with Gasteiger partial charge < -0.3 is 9.67 Å². The summed E-state index contributed by atoms with van der Waals surface area (Å²) in [5.74, 6) is -1.33. The highest BCUT2D eigenvalue weighted by molar-refractivity contribution is 5.89. The molecule has 0 aliphatic heterocycles. The highest BCUT2D eigenvalue weighted by Crippen LogP contribution is 2.50. The molecule has 1 aromatic carbocycles. The van der Waals surface area contributed by atoms with Crippen molar-refractivity contribution in [1.82, 2.24) is 4.57 Å². The number of carbonyl (C=O) groups is 1. The van der Waals surface area contributed by atoms with E-state index >= 15 is 0 Å². The van der Waals surface area contributed by atoms with Crippen molar-refractivity contribution in [3.63, 3.8) is 0 Å². The number of halogens is 1. The maximum atomic E-state index is 14.1. The minimum Gasteiger partial charge on any atom is -0.481 e. The van der Waals surface area contributed by atoms with Crippen molar-refractivity contribution in [2.45, 2.75) is 25.2 Å². The lowest BCUT2D eigenvalue weighted by Crippen LogP contribution is -2.21. The van der Waals surface area contributed by atoms with Gasteiger partial charge in [0, 0.05) is 29.2 Å². The van der Waals surface area contributed by atoms with E-state index in [0.29, 0.717) is 18.4 Å². The van der Waals surface area contributed by atoms with Gasteiger partial charge in [0.15, 0.2) is 0 Å². The molecule has 1 aliphatic carbocycles. The molecule has 0 bridgehead atoms. The van der Waals surface area contributed by atoms with Crippen molar-refractivity contribution in [1.29, 1.82) is 0 Å². The van der Waals surface area contributed by atoms with E-state index in [9.17, 15) is 14.3 Å². The van der Waals surface area contributed by atoms with Crippen molar-refractivity contribution in [3.8, 4) is 0 Å². The Bertz CT molecular complexity index is 668. The molecule has 4 heteroatoms. The molecule has 1 heterocycles. The number of rotatable bonds is 2. The van der Waals surface area contributed by atoms with E-state index in [1.807, 2.05) is 24.6 Å². The van der Waals surface area contributed by atoms with Crippen LogP contribution < -0.4 is 0 Å². The molecule has 0 saturated heterocycles. The van der Waals surface area contributed by atoms with Crippen molar-refractivity contribution in [2.75, 3.05) is 0 Å². The molecule has 0 unspecified atom stereocenters. The predicted octanol–water partition coefficient (Wildman–Crippen LogP) is 2.74. The summed E-state index contributed by atoms with van der Waals surface area (Å²) >= 11 is 0. The van der Waals surface area contributed by atoms with Gasteiger partial charge in [-0.05, 0) is 38.0 Å². The summed E-state index contributed by atoms with van der Waals surface area (Å²) in [7, 11) is 1.90. The number of benzene rings is 1. The van der Waals surface area contributed by atoms with Crippen LogP contribution in [0.4, 0.5) is 4.39 Å². The standard InChI is InChI=1S/C14H14FNO2/c1-8-5-9-6-11(15)10(7-12(9)16(8)2)14(3-4-14)13(17)18/h5-7H,3-4H2,1-2H3,(H,17,18). The van der Waals surface area contributed by atoms with Gasteiger partial charge in [-0.15, -0.1) is 0 Å². The zero-order valence-corrected chi connectivity index (χ0v) is 10.3. The molecule has 0 atom stereocenters. The summed E-state index contributed by atoms with van der Waals surface area (Å²) < 4.78 is 16.0. The van der Waals surface area contributed by atoms with E-state index in [0.717, 1.165) is 16.6 Å². The molecule has 3 rings (SSSR count). The molecule has 3 nitrogen and oxygen atoms in total. The number of aromatic nitrogens is 1. The van der Waals surface area contributed by atoms with Crippen LogP contribution in [0.5, 0.6) is 0 Å². The van der Waals surface area contributed by atoms with E-state index in [-0.39, 0.29) is 0 Å². The van der Waals surface area contributed by atoms with Crippen molar-refractivity contribution in [2.24, 2.45) is 7.05 Å². The molecule has 0 radical (unpaired) electrons. The van der Waals surface area contributed by atoms with E-state index in [2.05, 4.69) is 0 Å². The topological polar surface area (TPSA) is 42.2 Å². The van der Waals surface area contributed by atoms with E-state index in [1.165, 1.54) is 6.07 Å². The first-order valence-corrected chi connectivity index (χ1v) is 5.95. The van der Waals surface area contributed by atoms with Gasteiger partial charge in [0.2, 0.25) is 0 Å². The lowest BCUT2D eigenvalue weighted by Gasteiger charge is -2.12. The van der Waals surface area contributed by atoms with Crippen LogP contribution in [0.2, 0.25) is 0 Å². The van der Waals surface area contributed by atoms with Crippen LogP contribution in [0.3, 0.4) is 0 Å². The maximum absolute atomic E-state index is 14.1. The van der Waals surface area contributed by atoms with Crippen molar-refractivity contribution in [3.05, 3.63) is 35.3 Å². The van der Waals surface area contributed by atoms with Gasteiger partial charge >= 0.3 is 5.97 Å². The Labute approximate surface area is 104 Å². The molecule has 1 aromatic heterocycles. The Morgan fingerprint density at radius 3 is 2.61 bits per heavy atom. The molecule has 1 N–H and O–H groups in total. The summed E-state index contributed by atoms with van der Waals surface area (Å²) in [6.07, 6.45) is 1.04. The maximum Gasteiger partial charge on any atom is 0.314 e. The number of hydrogen-bond acceptors (Lipinski definition) is 1. The van der Waals surface area contributed by atoms with Gasteiger partial charge in [-0.2, -0.15) is 0 Å². The minimum atomic E-state index is -0.990. The van der Waals surface area contributed by atoms with Crippen LogP contribution in [-0.2, 0) is 17.3 Å². The fourth-order valence-electron chi connectivity index (χ4n) is 2.59. The third kappa shape index (κ3) is 1.32. The van der Waals surface area contributed by atoms with Crippen LogP contribution in [0.1, 0.15) is 24.1 Å². The monoisotopic (exact) mass is 247 g/mol. The molecule has 1 fully saturated rings. The van der Waals surface area contributed by atoms with Crippen molar-refractivity contribution >= 4 is 16.9 Å². The van der Waals surface area contributed by atoms with E-state index in [1.54, 1.807) is 6.07 Å². The smallest absolute Gasteiger partial charge is 0.314 e. The third-order valence-electron chi connectivity index (χ3n) is 4.05. The summed E-state index contributed by atoms with van der Waals surface area (Å²) in [5, 5.41) is 10.1. The molecule has 1 saturated carbocycles. The van der Waals surface area contributed by atoms with Crippen molar-refractivity contribution < 1.29 is 14.3 Å². The fourth-order valence-corrected chi connectivity index (χ4v) is 2.59. The lowest BCUT2D eigenvalue weighted by molar-refractivity contribution is -0.140. The summed E-state index contributed by atoms with van der Waals surface area (Å²) in [6.45, 7) is 1.95. The molecule has 0 spiro atoms. The number of aryl methyl sites for hydroxylation is 2. The zero-order chi connectivity index (χ0) is 13.1. The Morgan fingerprint density at radius 2 is 2.06 bits per heavy atom. The predicted molar refractivity (Wildman–Crippen MR) is 66.2 cm³/mol. The van der Waals surface area contributed by atoms with Crippen LogP contribution in [-0.4, -0.2) is 15.6 Å². The summed E-state index contributed by atoms with van der Waals surface area (Å²) in [6, 6.07) is 5.04. The first-order chi connectivity index (χ1) is 8.45. The summed E-state index contributed by atoms with van der Waals surface area (Å²) in [5.41, 5.74) is 1.25. The average Bonchev–Trinajstić information content (AvgIpc) is 3.05. The Hall–Kier alpha value is -1.84. The van der Waals surface area contributed by atoms with Crippen LogP contribution in [0.15, 0.2) is 18.2 Å². The van der Waals surface area contributed by atoms with Gasteiger partial charge in [0.1, 0.15) is 5.82 Å². The molecular weight excluding hydrogens is 233 g/mol. The average molecular weight is 247 g/mol. The number of carboxylic acid groups (broad SMARTS) is 1. The molecule has 0 amide bonds. The normalized spacial score (nSPS) is 17.1. The zero-order valence-electron chi connectivity index (χ0n) is 10.3. The van der Waals surface area contributed by atoms with Gasteiger partial charge in [-0.1, -0.05) is 0 Å². The SMILES string of the molecule is Cc1cc2cc(F)c(C3(C(=O)O)CC3)cc2n1C. The number of fused-ring (bicyclic) bond motifs is 1. The number of carboxylic acids is 1. The second kappa shape index (κ2) is 3.34. The van der Waals surface area contributed by atoms with E-state index < -0.39 is 17.2 Å². The highest BCUT2D eigenvalue weighted by atomic mass is 19.1. The molecular formula is C14H14FNO2. The summed E-state index contributed by atoms with van der Waals surface area (Å²) in [4.78, 5) is 11.3. The van der Waals surface area contributed by atoms with Gasteiger partial charge in [0.25, 0.3) is 0 Å². The minimum absolute atomic E-state index is 0.323. The first-order valence-electron chi connectivity index (χ1n) is 5.95. The fraction of sp³-hybridized carbons (Fsp3) is 0.357. The molecule has 1 aliphatic rings. The second-order valence-corrected chi connectivity index (χ2v) is 5.12. The van der Waals surface area contributed by atoms with Crippen LogP contribution in [0, 0.1) is 12.7 Å². The quantitative estimate of drug-likeness (QED) is 0.886. The first kappa shape index (κ1) is 11.3.